The number of carbonyl (C=O) groups is 2. The van der Waals surface area contributed by atoms with E-state index in [4.69, 9.17) is 16.3 Å². The summed E-state index contributed by atoms with van der Waals surface area (Å²) in [5.41, 5.74) is 0.305. The maximum atomic E-state index is 13.7. The van der Waals surface area contributed by atoms with Crippen molar-refractivity contribution in [2.75, 3.05) is 11.9 Å². The number of nitrogens with zero attached hydrogens (tertiary/aromatic N) is 1. The normalized spacial score (nSPS) is 10.6. The summed E-state index contributed by atoms with van der Waals surface area (Å²) < 4.78 is 32.5. The minimum Gasteiger partial charge on any atom is -0.462 e. The number of nitrogens with one attached hydrogen (secondary N) is 1. The predicted molar refractivity (Wildman–Crippen MR) is 107 cm³/mol. The third-order valence-corrected chi connectivity index (χ3v) is 5.27. The molecular weight excluding hydrogens is 422 g/mol. The first-order valence-electron chi connectivity index (χ1n) is 8.58. The molecule has 0 radical (unpaired) electrons. The number of ether oxygens (including phenoxy) is 1. The fourth-order valence-corrected chi connectivity index (χ4v) is 3.64. The number of rotatable bonds is 6. The zero-order valence-corrected chi connectivity index (χ0v) is 16.7. The average molecular weight is 437 g/mol. The lowest BCUT2D eigenvalue weighted by molar-refractivity contribution is 0.0505. The van der Waals surface area contributed by atoms with Crippen molar-refractivity contribution in [3.05, 3.63) is 69.8 Å². The summed E-state index contributed by atoms with van der Waals surface area (Å²) >= 11 is 7.32. The van der Waals surface area contributed by atoms with Gasteiger partial charge in [-0.3, -0.25) is 9.78 Å². The lowest BCUT2D eigenvalue weighted by Crippen LogP contribution is -2.13. The standard InChI is InChI=1S/C20H15ClF2N2O3S/c1-2-7-28-20(27)11-3-4-13(21)12(8-11)16-5-6-17(29-16)19(26)25-18-14(22)9-24-10-15(18)23/h3-6,8-10H,2,7H2,1H3,(H,24,25,26). The van der Waals surface area contributed by atoms with Crippen molar-refractivity contribution in [3.8, 4) is 10.4 Å². The number of hydrogen-bond acceptors (Lipinski definition) is 5. The number of esters is 1. The Morgan fingerprint density at radius 3 is 2.59 bits per heavy atom. The summed E-state index contributed by atoms with van der Waals surface area (Å²) in [5.74, 6) is -3.10. The van der Waals surface area contributed by atoms with Crippen LogP contribution in [0.1, 0.15) is 33.4 Å². The number of halogens is 3. The summed E-state index contributed by atoms with van der Waals surface area (Å²) in [6.45, 7) is 2.20. The zero-order chi connectivity index (χ0) is 21.0. The number of carbonyl (C=O) groups excluding carboxylic acids is 2. The number of pyridine rings is 1. The van der Waals surface area contributed by atoms with Crippen molar-refractivity contribution in [1.82, 2.24) is 4.98 Å². The van der Waals surface area contributed by atoms with E-state index in [0.717, 1.165) is 23.7 Å². The minimum absolute atomic E-state index is 0.214. The molecule has 0 atom stereocenters. The summed E-state index contributed by atoms with van der Waals surface area (Å²) in [5, 5.41) is 2.59. The molecule has 0 aliphatic carbocycles. The van der Waals surface area contributed by atoms with Crippen LogP contribution in [0.15, 0.2) is 42.7 Å². The van der Waals surface area contributed by atoms with E-state index >= 15 is 0 Å². The molecule has 5 nitrogen and oxygen atoms in total. The molecule has 0 saturated carbocycles. The Morgan fingerprint density at radius 1 is 1.17 bits per heavy atom. The molecule has 0 aliphatic rings. The lowest BCUT2D eigenvalue weighted by Gasteiger charge is -2.07. The first-order chi connectivity index (χ1) is 13.9. The van der Waals surface area contributed by atoms with Crippen molar-refractivity contribution >= 4 is 40.5 Å². The Morgan fingerprint density at radius 2 is 1.90 bits per heavy atom. The Bertz CT molecular complexity index is 1050. The quantitative estimate of drug-likeness (QED) is 0.513. The van der Waals surface area contributed by atoms with Crippen LogP contribution in [0, 0.1) is 11.6 Å². The number of amides is 1. The van der Waals surface area contributed by atoms with E-state index < -0.39 is 29.2 Å². The number of thiophene rings is 1. The fraction of sp³-hybridized carbons (Fsp3) is 0.150. The molecule has 3 aromatic rings. The van der Waals surface area contributed by atoms with Crippen LogP contribution in [-0.4, -0.2) is 23.5 Å². The van der Waals surface area contributed by atoms with Crippen LogP contribution in [0.5, 0.6) is 0 Å². The Kier molecular flexibility index (Phi) is 6.56. The molecule has 3 rings (SSSR count). The lowest BCUT2D eigenvalue weighted by atomic mass is 10.1. The number of aromatic nitrogens is 1. The summed E-state index contributed by atoms with van der Waals surface area (Å²) in [4.78, 5) is 28.7. The molecular formula is C20H15ClF2N2O3S. The van der Waals surface area contributed by atoms with E-state index in [-0.39, 0.29) is 4.88 Å². The first-order valence-corrected chi connectivity index (χ1v) is 9.77. The van der Waals surface area contributed by atoms with E-state index in [1.54, 1.807) is 24.3 Å². The molecule has 1 aromatic carbocycles. The van der Waals surface area contributed by atoms with Crippen LogP contribution < -0.4 is 5.32 Å². The Labute approximate surface area is 174 Å². The first kappa shape index (κ1) is 20.9. The molecule has 1 amide bonds. The minimum atomic E-state index is -0.975. The van der Waals surface area contributed by atoms with Gasteiger partial charge in [-0.05, 0) is 36.8 Å². The van der Waals surface area contributed by atoms with Crippen molar-refractivity contribution in [2.24, 2.45) is 0 Å². The van der Waals surface area contributed by atoms with Gasteiger partial charge in [0.1, 0.15) is 5.69 Å². The van der Waals surface area contributed by atoms with E-state index in [1.807, 2.05) is 6.92 Å². The molecule has 0 spiro atoms. The van der Waals surface area contributed by atoms with Gasteiger partial charge in [0.2, 0.25) is 0 Å². The number of anilines is 1. The van der Waals surface area contributed by atoms with E-state index in [2.05, 4.69) is 10.3 Å². The molecule has 0 aliphatic heterocycles. The summed E-state index contributed by atoms with van der Waals surface area (Å²) in [7, 11) is 0. The summed E-state index contributed by atoms with van der Waals surface area (Å²) in [6, 6.07) is 7.85. The van der Waals surface area contributed by atoms with Crippen LogP contribution in [0.4, 0.5) is 14.5 Å². The van der Waals surface area contributed by atoms with Gasteiger partial charge in [-0.2, -0.15) is 0 Å². The monoisotopic (exact) mass is 436 g/mol. The van der Waals surface area contributed by atoms with Gasteiger partial charge in [-0.15, -0.1) is 11.3 Å². The van der Waals surface area contributed by atoms with Gasteiger partial charge in [0.25, 0.3) is 5.91 Å². The number of benzene rings is 1. The van der Waals surface area contributed by atoms with Gasteiger partial charge in [-0.25, -0.2) is 13.6 Å². The number of hydrogen-bond donors (Lipinski definition) is 1. The molecule has 2 heterocycles. The molecule has 0 fully saturated rings. The summed E-state index contributed by atoms with van der Waals surface area (Å²) in [6.07, 6.45) is 2.32. The largest absolute Gasteiger partial charge is 0.462 e. The van der Waals surface area contributed by atoms with Crippen molar-refractivity contribution in [1.29, 1.82) is 0 Å². The van der Waals surface area contributed by atoms with Gasteiger partial charge in [0.15, 0.2) is 11.6 Å². The second-order valence-electron chi connectivity index (χ2n) is 5.93. The topological polar surface area (TPSA) is 68.3 Å². The van der Waals surface area contributed by atoms with Crippen molar-refractivity contribution in [3.63, 3.8) is 0 Å². The van der Waals surface area contributed by atoms with Gasteiger partial charge in [0, 0.05) is 15.5 Å². The van der Waals surface area contributed by atoms with Gasteiger partial charge >= 0.3 is 5.97 Å². The highest BCUT2D eigenvalue weighted by molar-refractivity contribution is 7.17. The highest BCUT2D eigenvalue weighted by atomic mass is 35.5. The fourth-order valence-electron chi connectivity index (χ4n) is 2.43. The molecule has 0 unspecified atom stereocenters. The highest BCUT2D eigenvalue weighted by Crippen LogP contribution is 2.34. The highest BCUT2D eigenvalue weighted by Gasteiger charge is 2.18. The van der Waals surface area contributed by atoms with E-state index in [0.29, 0.717) is 34.1 Å². The maximum Gasteiger partial charge on any atom is 0.338 e. The van der Waals surface area contributed by atoms with Gasteiger partial charge < -0.3 is 10.1 Å². The smallest absolute Gasteiger partial charge is 0.338 e. The zero-order valence-electron chi connectivity index (χ0n) is 15.2. The van der Waals surface area contributed by atoms with E-state index in [9.17, 15) is 18.4 Å². The second kappa shape index (κ2) is 9.11. The molecule has 29 heavy (non-hydrogen) atoms. The van der Waals surface area contributed by atoms with Gasteiger partial charge in [-0.1, -0.05) is 18.5 Å². The van der Waals surface area contributed by atoms with E-state index in [1.165, 1.54) is 6.07 Å². The van der Waals surface area contributed by atoms with Crippen LogP contribution in [0.25, 0.3) is 10.4 Å². The van der Waals surface area contributed by atoms with Gasteiger partial charge in [0.05, 0.1) is 29.4 Å². The molecule has 1 N–H and O–H groups in total. The van der Waals surface area contributed by atoms with Crippen LogP contribution >= 0.6 is 22.9 Å². The van der Waals surface area contributed by atoms with Crippen LogP contribution in [-0.2, 0) is 4.74 Å². The molecule has 2 aromatic heterocycles. The molecule has 9 heteroatoms. The molecule has 150 valence electrons. The Balaban J connectivity index is 1.84. The van der Waals surface area contributed by atoms with Crippen molar-refractivity contribution < 1.29 is 23.1 Å². The average Bonchev–Trinajstić information content (AvgIpc) is 3.19. The third kappa shape index (κ3) is 4.78. The maximum absolute atomic E-state index is 13.7. The molecule has 0 bridgehead atoms. The van der Waals surface area contributed by atoms with Crippen LogP contribution in [0.2, 0.25) is 5.02 Å². The molecule has 0 saturated heterocycles. The van der Waals surface area contributed by atoms with Crippen molar-refractivity contribution in [2.45, 2.75) is 13.3 Å². The second-order valence-corrected chi connectivity index (χ2v) is 7.42. The third-order valence-electron chi connectivity index (χ3n) is 3.83. The predicted octanol–water partition coefficient (Wildman–Crippen LogP) is 5.56. The SMILES string of the molecule is CCCOC(=O)c1ccc(Cl)c(-c2ccc(C(=O)Nc3c(F)cncc3F)s2)c1. The Hall–Kier alpha value is -2.84. The van der Waals surface area contributed by atoms with Crippen LogP contribution in [0.3, 0.4) is 0 Å².